The molecular weight excluding hydrogens is 244 g/mol. The Morgan fingerprint density at radius 2 is 1.56 bits per heavy atom. The predicted octanol–water partition coefficient (Wildman–Crippen LogP) is 2.99. The fraction of sp³-hybridized carbons (Fsp3) is 0.0714. The van der Waals surface area contributed by atoms with Crippen molar-refractivity contribution < 1.29 is 4.79 Å². The SMILES string of the molecule is O=CNCN1c2ccccc2Sc2ccccc21. The van der Waals surface area contributed by atoms with Crippen molar-refractivity contribution in [2.75, 3.05) is 11.6 Å². The summed E-state index contributed by atoms with van der Waals surface area (Å²) in [4.78, 5) is 15.1. The van der Waals surface area contributed by atoms with E-state index in [1.807, 2.05) is 24.3 Å². The van der Waals surface area contributed by atoms with Crippen LogP contribution in [0.25, 0.3) is 0 Å². The normalized spacial score (nSPS) is 12.6. The number of para-hydroxylation sites is 2. The number of rotatable bonds is 3. The first-order chi connectivity index (χ1) is 8.90. The Kier molecular flexibility index (Phi) is 2.94. The second kappa shape index (κ2) is 4.74. The third kappa shape index (κ3) is 1.84. The zero-order chi connectivity index (χ0) is 12.4. The summed E-state index contributed by atoms with van der Waals surface area (Å²) in [5, 5.41) is 2.74. The molecule has 1 aliphatic heterocycles. The van der Waals surface area contributed by atoms with Crippen LogP contribution < -0.4 is 10.2 Å². The average molecular weight is 256 g/mol. The molecule has 0 aromatic heterocycles. The van der Waals surface area contributed by atoms with Crippen LogP contribution in [0.1, 0.15) is 0 Å². The second-order valence-corrected chi connectivity index (χ2v) is 5.03. The zero-order valence-corrected chi connectivity index (χ0v) is 10.5. The van der Waals surface area contributed by atoms with E-state index in [0.717, 1.165) is 17.8 Å². The van der Waals surface area contributed by atoms with Gasteiger partial charge in [-0.2, -0.15) is 0 Å². The Hall–Kier alpha value is -1.94. The van der Waals surface area contributed by atoms with E-state index in [1.54, 1.807) is 11.8 Å². The van der Waals surface area contributed by atoms with E-state index in [1.165, 1.54) is 9.79 Å². The molecule has 1 aliphatic rings. The van der Waals surface area contributed by atoms with Crippen molar-refractivity contribution in [2.45, 2.75) is 9.79 Å². The maximum Gasteiger partial charge on any atom is 0.208 e. The molecule has 1 heterocycles. The Morgan fingerprint density at radius 3 is 2.11 bits per heavy atom. The lowest BCUT2D eigenvalue weighted by Gasteiger charge is -2.32. The van der Waals surface area contributed by atoms with Crippen molar-refractivity contribution in [1.29, 1.82) is 0 Å². The van der Waals surface area contributed by atoms with Crippen LogP contribution in [0, 0.1) is 0 Å². The number of nitrogens with one attached hydrogen (secondary N) is 1. The lowest BCUT2D eigenvalue weighted by Crippen LogP contribution is -2.31. The lowest BCUT2D eigenvalue weighted by molar-refractivity contribution is -0.109. The average Bonchev–Trinajstić information content (AvgIpc) is 2.43. The molecule has 0 atom stereocenters. The number of hydrogen-bond acceptors (Lipinski definition) is 3. The van der Waals surface area contributed by atoms with E-state index < -0.39 is 0 Å². The molecule has 18 heavy (non-hydrogen) atoms. The number of hydrogen-bond donors (Lipinski definition) is 1. The second-order valence-electron chi connectivity index (χ2n) is 3.95. The molecule has 90 valence electrons. The number of anilines is 2. The largest absolute Gasteiger partial charge is 0.341 e. The third-order valence-corrected chi connectivity index (χ3v) is 4.00. The standard InChI is InChI=1S/C14H12N2OS/c17-10-15-9-16-11-5-1-3-7-13(11)18-14-8-4-2-6-12(14)16/h1-8,10H,9H2,(H,15,17). The summed E-state index contributed by atoms with van der Waals surface area (Å²) in [6, 6.07) is 16.4. The first-order valence-electron chi connectivity index (χ1n) is 5.70. The Labute approximate surface area is 110 Å². The molecule has 0 saturated heterocycles. The molecule has 2 aromatic rings. The number of fused-ring (bicyclic) bond motifs is 2. The van der Waals surface area contributed by atoms with Gasteiger partial charge in [0.15, 0.2) is 0 Å². The van der Waals surface area contributed by atoms with Gasteiger partial charge in [-0.15, -0.1) is 0 Å². The molecule has 3 nitrogen and oxygen atoms in total. The summed E-state index contributed by atoms with van der Waals surface area (Å²) in [7, 11) is 0. The van der Waals surface area contributed by atoms with Gasteiger partial charge < -0.3 is 10.2 Å². The number of carbonyl (C=O) groups is 1. The van der Waals surface area contributed by atoms with E-state index in [-0.39, 0.29) is 0 Å². The molecular formula is C14H12N2OS. The van der Waals surface area contributed by atoms with E-state index in [4.69, 9.17) is 0 Å². The van der Waals surface area contributed by atoms with Gasteiger partial charge in [-0.1, -0.05) is 36.0 Å². The Bertz CT molecular complexity index is 540. The van der Waals surface area contributed by atoms with E-state index in [0.29, 0.717) is 6.67 Å². The van der Waals surface area contributed by atoms with Crippen LogP contribution in [0.4, 0.5) is 11.4 Å². The summed E-state index contributed by atoms with van der Waals surface area (Å²) in [5.41, 5.74) is 2.27. The highest BCUT2D eigenvalue weighted by Crippen LogP contribution is 2.47. The minimum absolute atomic E-state index is 0.484. The van der Waals surface area contributed by atoms with Gasteiger partial charge in [0.25, 0.3) is 0 Å². The third-order valence-electron chi connectivity index (χ3n) is 2.86. The summed E-state index contributed by atoms with van der Waals surface area (Å²) < 4.78 is 0. The van der Waals surface area contributed by atoms with Crippen molar-refractivity contribution in [3.63, 3.8) is 0 Å². The molecule has 0 saturated carbocycles. The van der Waals surface area contributed by atoms with Crippen LogP contribution in [-0.2, 0) is 4.79 Å². The Balaban J connectivity index is 2.08. The molecule has 4 heteroatoms. The fourth-order valence-electron chi connectivity index (χ4n) is 2.08. The molecule has 1 N–H and O–H groups in total. The molecule has 0 spiro atoms. The smallest absolute Gasteiger partial charge is 0.208 e. The van der Waals surface area contributed by atoms with Crippen LogP contribution in [-0.4, -0.2) is 13.1 Å². The maximum absolute atomic E-state index is 10.5. The first-order valence-corrected chi connectivity index (χ1v) is 6.52. The number of nitrogens with zero attached hydrogens (tertiary/aromatic N) is 1. The van der Waals surface area contributed by atoms with Gasteiger partial charge in [-0.25, -0.2) is 0 Å². The molecule has 0 bridgehead atoms. The van der Waals surface area contributed by atoms with Crippen molar-refractivity contribution >= 4 is 29.5 Å². The molecule has 0 fully saturated rings. The molecule has 3 rings (SSSR count). The lowest BCUT2D eigenvalue weighted by atomic mass is 10.2. The molecule has 2 aromatic carbocycles. The summed E-state index contributed by atoms with van der Waals surface area (Å²) in [6.07, 6.45) is 0.729. The highest BCUT2D eigenvalue weighted by molar-refractivity contribution is 7.99. The maximum atomic E-state index is 10.5. The topological polar surface area (TPSA) is 32.3 Å². The summed E-state index contributed by atoms with van der Waals surface area (Å²) >= 11 is 1.76. The van der Waals surface area contributed by atoms with Crippen molar-refractivity contribution in [3.8, 4) is 0 Å². The van der Waals surface area contributed by atoms with Gasteiger partial charge in [-0.05, 0) is 24.3 Å². The van der Waals surface area contributed by atoms with Crippen LogP contribution in [0.5, 0.6) is 0 Å². The number of benzene rings is 2. The van der Waals surface area contributed by atoms with Gasteiger partial charge in [0, 0.05) is 9.79 Å². The van der Waals surface area contributed by atoms with Gasteiger partial charge in [0.05, 0.1) is 18.0 Å². The first kappa shape index (κ1) is 11.2. The highest BCUT2D eigenvalue weighted by Gasteiger charge is 2.21. The van der Waals surface area contributed by atoms with Gasteiger partial charge in [-0.3, -0.25) is 4.79 Å². The van der Waals surface area contributed by atoms with Crippen molar-refractivity contribution in [1.82, 2.24) is 5.32 Å². The number of amides is 1. The summed E-state index contributed by atoms with van der Waals surface area (Å²) in [6.45, 7) is 0.484. The van der Waals surface area contributed by atoms with Crippen LogP contribution in [0.15, 0.2) is 58.3 Å². The van der Waals surface area contributed by atoms with E-state index in [2.05, 4.69) is 34.5 Å². The summed E-state index contributed by atoms with van der Waals surface area (Å²) in [5.74, 6) is 0. The van der Waals surface area contributed by atoms with E-state index in [9.17, 15) is 4.79 Å². The Morgan fingerprint density at radius 1 is 1.00 bits per heavy atom. The minimum Gasteiger partial charge on any atom is -0.341 e. The zero-order valence-electron chi connectivity index (χ0n) is 9.67. The highest BCUT2D eigenvalue weighted by atomic mass is 32.2. The molecule has 0 aliphatic carbocycles. The molecule has 1 amide bonds. The predicted molar refractivity (Wildman–Crippen MR) is 73.2 cm³/mol. The van der Waals surface area contributed by atoms with Crippen LogP contribution >= 0.6 is 11.8 Å². The molecule has 0 radical (unpaired) electrons. The van der Waals surface area contributed by atoms with Crippen LogP contribution in [0.2, 0.25) is 0 Å². The monoisotopic (exact) mass is 256 g/mol. The van der Waals surface area contributed by atoms with Crippen LogP contribution in [0.3, 0.4) is 0 Å². The van der Waals surface area contributed by atoms with Gasteiger partial charge >= 0.3 is 0 Å². The van der Waals surface area contributed by atoms with Crippen molar-refractivity contribution in [2.24, 2.45) is 0 Å². The van der Waals surface area contributed by atoms with Gasteiger partial charge in [0.1, 0.15) is 0 Å². The fourth-order valence-corrected chi connectivity index (χ4v) is 3.18. The molecule has 0 unspecified atom stereocenters. The van der Waals surface area contributed by atoms with E-state index >= 15 is 0 Å². The van der Waals surface area contributed by atoms with Gasteiger partial charge in [0.2, 0.25) is 6.41 Å². The van der Waals surface area contributed by atoms with Crippen molar-refractivity contribution in [3.05, 3.63) is 48.5 Å². The number of carbonyl (C=O) groups excluding carboxylic acids is 1. The minimum atomic E-state index is 0.484. The quantitative estimate of drug-likeness (QED) is 0.857.